The summed E-state index contributed by atoms with van der Waals surface area (Å²) in [6, 6.07) is 4.63. The number of hydrogen-bond donors (Lipinski definition) is 2. The molecule has 1 saturated carbocycles. The fraction of sp³-hybridized carbons (Fsp3) is 0.467. The number of anilines is 1. The topological polar surface area (TPSA) is 69.6 Å². The van der Waals surface area contributed by atoms with Gasteiger partial charge in [-0.05, 0) is 60.7 Å². The van der Waals surface area contributed by atoms with Crippen LogP contribution in [-0.2, 0) is 0 Å². The third-order valence-corrected chi connectivity index (χ3v) is 4.17. The summed E-state index contributed by atoms with van der Waals surface area (Å²) in [5, 5.41) is 12.0. The van der Waals surface area contributed by atoms with E-state index in [-0.39, 0.29) is 17.6 Å². The number of halogens is 1. The van der Waals surface area contributed by atoms with Crippen LogP contribution in [0.1, 0.15) is 37.0 Å². The summed E-state index contributed by atoms with van der Waals surface area (Å²) in [7, 11) is 0. The van der Waals surface area contributed by atoms with Crippen molar-refractivity contribution in [2.45, 2.75) is 32.7 Å². The van der Waals surface area contributed by atoms with Gasteiger partial charge in [0.25, 0.3) is 0 Å². The fourth-order valence-electron chi connectivity index (χ4n) is 2.11. The number of carbonyl (C=O) groups is 2. The van der Waals surface area contributed by atoms with Crippen LogP contribution in [0, 0.1) is 5.92 Å². The highest BCUT2D eigenvalue weighted by Crippen LogP contribution is 2.31. The van der Waals surface area contributed by atoms with Crippen molar-refractivity contribution in [1.29, 1.82) is 0 Å². The number of carbonyl (C=O) groups excluding carboxylic acids is 1. The molecule has 0 aliphatic heterocycles. The molecule has 1 aromatic rings. The predicted molar refractivity (Wildman–Crippen MR) is 84.7 cm³/mol. The standard InChI is InChI=1S/C15H19BrN2O3/c1-9(2)18(8-10-6-7-10)15(21)17-13-11(14(19)20)4-3-5-12(13)16/h3-5,9-10H,6-8H2,1-2H3,(H,17,21)(H,19,20). The Morgan fingerprint density at radius 3 is 2.62 bits per heavy atom. The molecule has 2 rings (SSSR count). The van der Waals surface area contributed by atoms with Gasteiger partial charge in [-0.2, -0.15) is 0 Å². The van der Waals surface area contributed by atoms with Gasteiger partial charge in [-0.25, -0.2) is 9.59 Å². The maximum absolute atomic E-state index is 12.4. The zero-order chi connectivity index (χ0) is 15.6. The quantitative estimate of drug-likeness (QED) is 0.844. The van der Waals surface area contributed by atoms with Gasteiger partial charge in [0, 0.05) is 17.1 Å². The lowest BCUT2D eigenvalue weighted by molar-refractivity contribution is 0.0698. The van der Waals surface area contributed by atoms with Crippen LogP contribution in [0.25, 0.3) is 0 Å². The first kappa shape index (κ1) is 15.8. The molecule has 0 bridgehead atoms. The third-order valence-electron chi connectivity index (χ3n) is 3.51. The van der Waals surface area contributed by atoms with Crippen molar-refractivity contribution in [2.75, 3.05) is 11.9 Å². The second kappa shape index (κ2) is 6.47. The molecule has 1 aromatic carbocycles. The Morgan fingerprint density at radius 1 is 1.43 bits per heavy atom. The summed E-state index contributed by atoms with van der Waals surface area (Å²) < 4.78 is 0.561. The van der Waals surface area contributed by atoms with Gasteiger partial charge in [-0.1, -0.05) is 6.07 Å². The number of aromatic carboxylic acids is 1. The van der Waals surface area contributed by atoms with Crippen molar-refractivity contribution in [3.05, 3.63) is 28.2 Å². The number of nitrogens with one attached hydrogen (secondary N) is 1. The highest BCUT2D eigenvalue weighted by molar-refractivity contribution is 9.10. The molecule has 2 amide bonds. The van der Waals surface area contributed by atoms with Crippen molar-refractivity contribution >= 4 is 33.6 Å². The molecule has 0 spiro atoms. The van der Waals surface area contributed by atoms with E-state index < -0.39 is 5.97 Å². The molecule has 0 heterocycles. The van der Waals surface area contributed by atoms with Gasteiger partial charge in [0.05, 0.1) is 11.3 Å². The Morgan fingerprint density at radius 2 is 2.10 bits per heavy atom. The summed E-state index contributed by atoms with van der Waals surface area (Å²) in [5.41, 5.74) is 0.379. The Kier molecular flexibility index (Phi) is 4.88. The van der Waals surface area contributed by atoms with E-state index in [0.717, 1.165) is 19.4 Å². The van der Waals surface area contributed by atoms with Crippen LogP contribution in [0.5, 0.6) is 0 Å². The lowest BCUT2D eigenvalue weighted by Crippen LogP contribution is -2.41. The normalized spacial score (nSPS) is 14.1. The average molecular weight is 355 g/mol. The van der Waals surface area contributed by atoms with Gasteiger partial charge in [-0.15, -0.1) is 0 Å². The van der Waals surface area contributed by atoms with Crippen molar-refractivity contribution in [1.82, 2.24) is 4.90 Å². The largest absolute Gasteiger partial charge is 0.478 e. The number of para-hydroxylation sites is 1. The van der Waals surface area contributed by atoms with Gasteiger partial charge in [0.1, 0.15) is 0 Å². The molecule has 2 N–H and O–H groups in total. The Balaban J connectivity index is 2.19. The van der Waals surface area contributed by atoms with Crippen molar-refractivity contribution < 1.29 is 14.7 Å². The van der Waals surface area contributed by atoms with E-state index in [9.17, 15) is 14.7 Å². The predicted octanol–water partition coefficient (Wildman–Crippen LogP) is 3.80. The highest BCUT2D eigenvalue weighted by atomic mass is 79.9. The monoisotopic (exact) mass is 354 g/mol. The Labute approximate surface area is 132 Å². The van der Waals surface area contributed by atoms with E-state index in [1.165, 1.54) is 6.07 Å². The average Bonchev–Trinajstić information content (AvgIpc) is 3.21. The van der Waals surface area contributed by atoms with E-state index >= 15 is 0 Å². The van der Waals surface area contributed by atoms with Crippen molar-refractivity contribution in [3.63, 3.8) is 0 Å². The second-order valence-electron chi connectivity index (χ2n) is 5.59. The van der Waals surface area contributed by atoms with Crippen LogP contribution in [0.2, 0.25) is 0 Å². The lowest BCUT2D eigenvalue weighted by atomic mass is 10.2. The zero-order valence-corrected chi connectivity index (χ0v) is 13.7. The maximum Gasteiger partial charge on any atom is 0.337 e. The van der Waals surface area contributed by atoms with Crippen molar-refractivity contribution in [3.8, 4) is 0 Å². The molecule has 1 fully saturated rings. The second-order valence-corrected chi connectivity index (χ2v) is 6.44. The van der Waals surface area contributed by atoms with Gasteiger partial charge in [0.15, 0.2) is 0 Å². The molecule has 0 radical (unpaired) electrons. The van der Waals surface area contributed by atoms with Gasteiger partial charge < -0.3 is 15.3 Å². The molecule has 0 aromatic heterocycles. The number of amides is 2. The van der Waals surface area contributed by atoms with Crippen molar-refractivity contribution in [2.24, 2.45) is 5.92 Å². The number of hydrogen-bond acceptors (Lipinski definition) is 2. The molecule has 5 nitrogen and oxygen atoms in total. The van der Waals surface area contributed by atoms with Gasteiger partial charge in [-0.3, -0.25) is 0 Å². The lowest BCUT2D eigenvalue weighted by Gasteiger charge is -2.27. The first-order chi connectivity index (χ1) is 9.90. The number of benzene rings is 1. The number of carboxylic acids is 1. The van der Waals surface area contributed by atoms with E-state index in [1.807, 2.05) is 13.8 Å². The first-order valence-corrected chi connectivity index (χ1v) is 7.79. The molecule has 0 saturated heterocycles. The van der Waals surface area contributed by atoms with Gasteiger partial charge >= 0.3 is 12.0 Å². The molecular weight excluding hydrogens is 336 g/mol. The minimum absolute atomic E-state index is 0.0707. The van der Waals surface area contributed by atoms with Crippen LogP contribution >= 0.6 is 15.9 Å². The molecule has 1 aliphatic carbocycles. The molecule has 21 heavy (non-hydrogen) atoms. The maximum atomic E-state index is 12.4. The number of urea groups is 1. The van der Waals surface area contributed by atoms with E-state index in [4.69, 9.17) is 0 Å². The Bertz CT molecular complexity index is 556. The van der Waals surface area contributed by atoms with Crippen LogP contribution in [0.3, 0.4) is 0 Å². The molecule has 1 aliphatic rings. The van der Waals surface area contributed by atoms with Crippen LogP contribution in [0.4, 0.5) is 10.5 Å². The molecular formula is C15H19BrN2O3. The first-order valence-electron chi connectivity index (χ1n) is 6.99. The SMILES string of the molecule is CC(C)N(CC1CC1)C(=O)Nc1c(Br)cccc1C(=O)O. The van der Waals surface area contributed by atoms with E-state index in [0.29, 0.717) is 16.1 Å². The summed E-state index contributed by atoms with van der Waals surface area (Å²) in [5.74, 6) is -0.485. The van der Waals surface area contributed by atoms with E-state index in [1.54, 1.807) is 17.0 Å². The summed E-state index contributed by atoms with van der Waals surface area (Å²) in [4.78, 5) is 25.5. The number of carboxylic acid groups (broad SMARTS) is 1. The minimum atomic E-state index is -1.06. The minimum Gasteiger partial charge on any atom is -0.478 e. The molecule has 0 unspecified atom stereocenters. The number of nitrogens with zero attached hydrogens (tertiary/aromatic N) is 1. The summed E-state index contributed by atoms with van der Waals surface area (Å²) in [6.07, 6.45) is 2.32. The van der Waals surface area contributed by atoms with Gasteiger partial charge in [0.2, 0.25) is 0 Å². The molecule has 6 heteroatoms. The van der Waals surface area contributed by atoms with Crippen LogP contribution in [-0.4, -0.2) is 34.6 Å². The third kappa shape index (κ3) is 3.97. The highest BCUT2D eigenvalue weighted by Gasteiger charge is 2.29. The Hall–Kier alpha value is -1.56. The molecule has 114 valence electrons. The summed E-state index contributed by atoms with van der Waals surface area (Å²) >= 11 is 3.30. The smallest absolute Gasteiger partial charge is 0.337 e. The van der Waals surface area contributed by atoms with Crippen LogP contribution < -0.4 is 5.32 Å². The number of rotatable bonds is 5. The van der Waals surface area contributed by atoms with E-state index in [2.05, 4.69) is 21.2 Å². The van der Waals surface area contributed by atoms with Crippen LogP contribution in [0.15, 0.2) is 22.7 Å². The fourth-order valence-corrected chi connectivity index (χ4v) is 2.58. The zero-order valence-electron chi connectivity index (χ0n) is 12.1. The summed E-state index contributed by atoms with van der Waals surface area (Å²) in [6.45, 7) is 4.64. The molecule has 0 atom stereocenters.